The van der Waals surface area contributed by atoms with E-state index >= 15 is 0 Å². The van der Waals surface area contributed by atoms with Crippen LogP contribution in [-0.4, -0.2) is 34.9 Å². The van der Waals surface area contributed by atoms with Crippen LogP contribution in [0.1, 0.15) is 19.0 Å². The number of aromatic nitrogens is 2. The molecule has 2 N–H and O–H groups in total. The topological polar surface area (TPSA) is 68.2 Å². The summed E-state index contributed by atoms with van der Waals surface area (Å²) in [5.74, 6) is 0.825. The minimum atomic E-state index is -0.105. The lowest BCUT2D eigenvalue weighted by Crippen LogP contribution is -2.34. The van der Waals surface area contributed by atoms with Gasteiger partial charge >= 0.3 is 0 Å². The molecule has 0 radical (unpaired) electrons. The number of hydrogen-bond donors (Lipinski definition) is 2. The zero-order chi connectivity index (χ0) is 12.7. The Balaban J connectivity index is 2.00. The molecule has 0 aliphatic carbocycles. The maximum absolute atomic E-state index is 12.2. The first kappa shape index (κ1) is 11.5. The third-order valence-electron chi connectivity index (χ3n) is 3.59. The average Bonchev–Trinajstić information content (AvgIpc) is 2.86. The maximum atomic E-state index is 12.2. The summed E-state index contributed by atoms with van der Waals surface area (Å²) >= 11 is 0. The molecule has 6 nitrogen and oxygen atoms in total. The first-order valence-electron chi connectivity index (χ1n) is 6.41. The van der Waals surface area contributed by atoms with Crippen molar-refractivity contribution in [2.24, 2.45) is 13.0 Å². The Morgan fingerprint density at radius 2 is 2.33 bits per heavy atom. The number of carbonyl (C=O) groups excluding carboxylic acids is 1. The van der Waals surface area contributed by atoms with E-state index in [-0.39, 0.29) is 17.9 Å². The number of ether oxygens (including phenoxy) is 1. The number of amides is 1. The molecule has 2 unspecified atom stereocenters. The quantitative estimate of drug-likeness (QED) is 0.813. The van der Waals surface area contributed by atoms with Crippen molar-refractivity contribution < 1.29 is 9.53 Å². The molecule has 2 atom stereocenters. The van der Waals surface area contributed by atoms with E-state index in [1.807, 2.05) is 7.05 Å². The van der Waals surface area contributed by atoms with Crippen LogP contribution in [0.2, 0.25) is 0 Å². The second-order valence-corrected chi connectivity index (χ2v) is 4.93. The van der Waals surface area contributed by atoms with Crippen LogP contribution in [-0.2, 0) is 23.0 Å². The van der Waals surface area contributed by atoms with Gasteiger partial charge in [0.1, 0.15) is 11.5 Å². The largest absolute Gasteiger partial charge is 0.378 e. The molecule has 6 heteroatoms. The summed E-state index contributed by atoms with van der Waals surface area (Å²) in [6.07, 6.45) is 1.88. The van der Waals surface area contributed by atoms with Crippen LogP contribution in [0.4, 0.5) is 11.5 Å². The standard InChI is InChI=1S/C12H18N4O2/c1-3-4-8-10-11(16(2)15-8)13-9-6-18-5-7(9)12(17)14-10/h7,9,13H,3-6H2,1-2H3,(H,14,17). The van der Waals surface area contributed by atoms with Crippen molar-refractivity contribution in [1.82, 2.24) is 9.78 Å². The van der Waals surface area contributed by atoms with Gasteiger partial charge in [0.25, 0.3) is 0 Å². The molecular formula is C12H18N4O2. The van der Waals surface area contributed by atoms with Crippen molar-refractivity contribution in [3.05, 3.63) is 5.69 Å². The lowest BCUT2D eigenvalue weighted by molar-refractivity contribution is -0.119. The summed E-state index contributed by atoms with van der Waals surface area (Å²) < 4.78 is 7.18. The van der Waals surface area contributed by atoms with Crippen LogP contribution in [0, 0.1) is 5.92 Å². The molecule has 0 aromatic carbocycles. The van der Waals surface area contributed by atoms with Crippen molar-refractivity contribution in [1.29, 1.82) is 0 Å². The zero-order valence-electron chi connectivity index (χ0n) is 10.7. The second-order valence-electron chi connectivity index (χ2n) is 4.93. The summed E-state index contributed by atoms with van der Waals surface area (Å²) in [4.78, 5) is 12.2. The molecule has 1 saturated heterocycles. The number of nitrogens with zero attached hydrogens (tertiary/aromatic N) is 2. The number of nitrogens with one attached hydrogen (secondary N) is 2. The van der Waals surface area contributed by atoms with Crippen LogP contribution in [0.15, 0.2) is 0 Å². The molecule has 2 aliphatic heterocycles. The first-order chi connectivity index (χ1) is 8.70. The van der Waals surface area contributed by atoms with Gasteiger partial charge in [-0.25, -0.2) is 0 Å². The summed E-state index contributed by atoms with van der Waals surface area (Å²) in [7, 11) is 1.90. The SMILES string of the molecule is CCCc1nn(C)c2c1NC(=O)C1COCC1N2. The monoisotopic (exact) mass is 250 g/mol. The van der Waals surface area contributed by atoms with E-state index in [1.165, 1.54) is 0 Å². The smallest absolute Gasteiger partial charge is 0.232 e. The first-order valence-corrected chi connectivity index (χ1v) is 6.41. The molecule has 0 bridgehead atoms. The molecule has 1 amide bonds. The van der Waals surface area contributed by atoms with Gasteiger partial charge in [-0.2, -0.15) is 5.10 Å². The fraction of sp³-hybridized carbons (Fsp3) is 0.667. The van der Waals surface area contributed by atoms with Gasteiger partial charge in [-0.1, -0.05) is 13.3 Å². The second kappa shape index (κ2) is 4.28. The van der Waals surface area contributed by atoms with Crippen molar-refractivity contribution in [2.45, 2.75) is 25.8 Å². The Labute approximate surface area is 106 Å². The van der Waals surface area contributed by atoms with E-state index in [1.54, 1.807) is 4.68 Å². The van der Waals surface area contributed by atoms with Crippen molar-refractivity contribution >= 4 is 17.4 Å². The molecule has 3 rings (SSSR count). The highest BCUT2D eigenvalue weighted by molar-refractivity contribution is 5.98. The Kier molecular flexibility index (Phi) is 2.74. The number of aryl methyl sites for hydroxylation is 2. The lowest BCUT2D eigenvalue weighted by atomic mass is 10.0. The van der Waals surface area contributed by atoms with Gasteiger partial charge in [-0.05, 0) is 6.42 Å². The Morgan fingerprint density at radius 1 is 1.50 bits per heavy atom. The molecule has 0 spiro atoms. The molecule has 3 heterocycles. The molecular weight excluding hydrogens is 232 g/mol. The van der Waals surface area contributed by atoms with E-state index < -0.39 is 0 Å². The van der Waals surface area contributed by atoms with Gasteiger partial charge in [-0.15, -0.1) is 0 Å². The van der Waals surface area contributed by atoms with Crippen LogP contribution in [0.5, 0.6) is 0 Å². The maximum Gasteiger partial charge on any atom is 0.232 e. The number of fused-ring (bicyclic) bond motifs is 2. The summed E-state index contributed by atoms with van der Waals surface area (Å²) in [5.41, 5.74) is 1.80. The molecule has 18 heavy (non-hydrogen) atoms. The number of rotatable bonds is 2. The van der Waals surface area contributed by atoms with Crippen LogP contribution in [0.25, 0.3) is 0 Å². The number of anilines is 2. The van der Waals surface area contributed by atoms with E-state index in [0.29, 0.717) is 13.2 Å². The van der Waals surface area contributed by atoms with E-state index in [2.05, 4.69) is 22.7 Å². The molecule has 1 aromatic rings. The highest BCUT2D eigenvalue weighted by Crippen LogP contribution is 2.33. The third-order valence-corrected chi connectivity index (χ3v) is 3.59. The Bertz CT molecular complexity index is 483. The van der Waals surface area contributed by atoms with Gasteiger partial charge in [0.2, 0.25) is 5.91 Å². The zero-order valence-corrected chi connectivity index (χ0v) is 10.7. The number of carbonyl (C=O) groups is 1. The summed E-state index contributed by atoms with van der Waals surface area (Å²) in [6.45, 7) is 3.18. The number of hydrogen-bond acceptors (Lipinski definition) is 4. The van der Waals surface area contributed by atoms with Gasteiger partial charge in [0, 0.05) is 7.05 Å². The molecule has 0 saturated carbocycles. The fourth-order valence-electron chi connectivity index (χ4n) is 2.63. The normalized spacial score (nSPS) is 26.0. The lowest BCUT2D eigenvalue weighted by Gasteiger charge is -2.14. The van der Waals surface area contributed by atoms with Crippen LogP contribution < -0.4 is 10.6 Å². The fourth-order valence-corrected chi connectivity index (χ4v) is 2.63. The van der Waals surface area contributed by atoms with E-state index in [4.69, 9.17) is 4.74 Å². The Hall–Kier alpha value is -1.56. The van der Waals surface area contributed by atoms with Gasteiger partial charge in [-0.3, -0.25) is 9.48 Å². The highest BCUT2D eigenvalue weighted by atomic mass is 16.5. The predicted octanol–water partition coefficient (Wildman–Crippen LogP) is 0.752. The van der Waals surface area contributed by atoms with Crippen LogP contribution in [0.3, 0.4) is 0 Å². The Morgan fingerprint density at radius 3 is 3.11 bits per heavy atom. The van der Waals surface area contributed by atoms with Crippen molar-refractivity contribution in [3.63, 3.8) is 0 Å². The molecule has 1 aromatic heterocycles. The average molecular weight is 250 g/mol. The highest BCUT2D eigenvalue weighted by Gasteiger charge is 2.38. The van der Waals surface area contributed by atoms with Crippen molar-refractivity contribution in [3.8, 4) is 0 Å². The predicted molar refractivity (Wildman–Crippen MR) is 67.6 cm³/mol. The molecule has 1 fully saturated rings. The van der Waals surface area contributed by atoms with E-state index in [9.17, 15) is 4.79 Å². The van der Waals surface area contributed by atoms with Crippen molar-refractivity contribution in [2.75, 3.05) is 23.8 Å². The molecule has 2 aliphatic rings. The molecule has 98 valence electrons. The van der Waals surface area contributed by atoms with Gasteiger partial charge in [0.15, 0.2) is 0 Å². The minimum absolute atomic E-state index is 0.0362. The van der Waals surface area contributed by atoms with Crippen LogP contribution >= 0.6 is 0 Å². The minimum Gasteiger partial charge on any atom is -0.378 e. The van der Waals surface area contributed by atoms with Gasteiger partial charge in [0.05, 0.1) is 30.9 Å². The summed E-state index contributed by atoms with van der Waals surface area (Å²) in [5, 5.41) is 10.9. The summed E-state index contributed by atoms with van der Waals surface area (Å²) in [6, 6.07) is 0.0520. The van der Waals surface area contributed by atoms with E-state index in [0.717, 1.165) is 30.0 Å². The van der Waals surface area contributed by atoms with Gasteiger partial charge < -0.3 is 15.4 Å². The third kappa shape index (κ3) is 1.68.